The van der Waals surface area contributed by atoms with Crippen LogP contribution in [0.15, 0.2) is 12.2 Å². The number of aliphatic carboxylic acids is 1. The lowest BCUT2D eigenvalue weighted by atomic mass is 9.45. The fraction of sp³-hybridized carbons (Fsp3) is 0.857. The van der Waals surface area contributed by atoms with E-state index in [-0.39, 0.29) is 23.4 Å². The molecule has 140 valence electrons. The number of carboxylic acid groups (broad SMARTS) is 1. The minimum atomic E-state index is -1.05. The molecule has 0 aromatic carbocycles. The van der Waals surface area contributed by atoms with Crippen molar-refractivity contribution in [3.8, 4) is 0 Å². The van der Waals surface area contributed by atoms with Gasteiger partial charge in [-0.15, -0.1) is 0 Å². The van der Waals surface area contributed by atoms with Crippen molar-refractivity contribution in [2.75, 3.05) is 0 Å². The molecule has 0 bridgehead atoms. The molecule has 25 heavy (non-hydrogen) atoms. The Morgan fingerprint density at radius 1 is 1.12 bits per heavy atom. The molecular formula is C21H32O4. The Bertz CT molecular complexity index is 601. The first-order chi connectivity index (χ1) is 11.7. The molecule has 0 spiro atoms. The molecule has 0 aliphatic heterocycles. The van der Waals surface area contributed by atoms with E-state index < -0.39 is 11.6 Å². The normalized spacial score (nSPS) is 54.5. The summed E-state index contributed by atoms with van der Waals surface area (Å²) in [7, 11) is 0. The number of aliphatic hydroxyl groups excluding tert-OH is 1. The number of hydrogen-bond donors (Lipinski definition) is 3. The second-order valence-corrected chi connectivity index (χ2v) is 9.78. The van der Waals surface area contributed by atoms with Gasteiger partial charge in [-0.3, -0.25) is 4.79 Å². The second kappa shape index (κ2) is 5.56. The van der Waals surface area contributed by atoms with E-state index in [2.05, 4.69) is 19.9 Å². The van der Waals surface area contributed by atoms with E-state index in [1.165, 1.54) is 0 Å². The summed E-state index contributed by atoms with van der Waals surface area (Å²) in [4.78, 5) is 11.3. The summed E-state index contributed by atoms with van der Waals surface area (Å²) < 4.78 is 0. The van der Waals surface area contributed by atoms with Crippen molar-refractivity contribution in [3.63, 3.8) is 0 Å². The van der Waals surface area contributed by atoms with Gasteiger partial charge in [0.05, 0.1) is 18.1 Å². The lowest BCUT2D eigenvalue weighted by Crippen LogP contribution is -2.56. The highest BCUT2D eigenvalue weighted by Gasteiger charge is 2.64. The molecule has 8 atom stereocenters. The maximum Gasteiger partial charge on any atom is 0.306 e. The average molecular weight is 348 g/mol. The number of rotatable bonds is 2. The van der Waals surface area contributed by atoms with Crippen LogP contribution < -0.4 is 0 Å². The van der Waals surface area contributed by atoms with E-state index in [1.807, 2.05) is 6.08 Å². The number of fused-ring (bicyclic) bond motifs is 5. The molecule has 3 fully saturated rings. The standard InChI is InChI=1S/C21H32O4/c1-19-8-5-14(22)11-13(19)3-4-15-16(19)6-9-20(2)17(15)7-10-21(20,25)12-18(23)24/h5,8,13-17,22,25H,3-4,6-7,9-12H2,1-2H3,(H,23,24)/t13?,14?,15-,16+,17+,19+,20+,21?/m1/s1. The highest BCUT2D eigenvalue weighted by Crippen LogP contribution is 2.67. The molecule has 3 N–H and O–H groups in total. The van der Waals surface area contributed by atoms with Crippen molar-refractivity contribution in [1.82, 2.24) is 0 Å². The zero-order valence-electron chi connectivity index (χ0n) is 15.4. The van der Waals surface area contributed by atoms with Gasteiger partial charge in [-0.1, -0.05) is 26.0 Å². The SMILES string of the molecule is C[C@]12C=CC(O)CC1CC[C@@H]1[C@@H]2CC[C@@]2(C)[C@H]1CCC2(O)CC(=O)O. The molecule has 4 nitrogen and oxygen atoms in total. The quantitative estimate of drug-likeness (QED) is 0.669. The summed E-state index contributed by atoms with van der Waals surface area (Å²) in [5, 5.41) is 30.5. The van der Waals surface area contributed by atoms with Crippen LogP contribution >= 0.6 is 0 Å². The Morgan fingerprint density at radius 3 is 2.56 bits per heavy atom. The van der Waals surface area contributed by atoms with Gasteiger partial charge in [-0.2, -0.15) is 0 Å². The van der Waals surface area contributed by atoms with Gasteiger partial charge in [0, 0.05) is 0 Å². The predicted octanol–water partition coefficient (Wildman–Crippen LogP) is 3.37. The molecule has 0 aromatic rings. The largest absolute Gasteiger partial charge is 0.481 e. The molecule has 4 aliphatic rings. The highest BCUT2D eigenvalue weighted by atomic mass is 16.4. The van der Waals surface area contributed by atoms with Crippen LogP contribution in [-0.4, -0.2) is 33.0 Å². The van der Waals surface area contributed by atoms with Gasteiger partial charge >= 0.3 is 5.97 Å². The van der Waals surface area contributed by atoms with Crippen LogP contribution in [0, 0.1) is 34.5 Å². The molecule has 3 saturated carbocycles. The van der Waals surface area contributed by atoms with Crippen molar-refractivity contribution in [1.29, 1.82) is 0 Å². The summed E-state index contributed by atoms with van der Waals surface area (Å²) in [6, 6.07) is 0. The molecule has 0 radical (unpaired) electrons. The van der Waals surface area contributed by atoms with Crippen molar-refractivity contribution >= 4 is 5.97 Å². The Morgan fingerprint density at radius 2 is 1.84 bits per heavy atom. The van der Waals surface area contributed by atoms with E-state index in [0.29, 0.717) is 30.1 Å². The topological polar surface area (TPSA) is 77.8 Å². The van der Waals surface area contributed by atoms with E-state index >= 15 is 0 Å². The molecule has 0 amide bonds. The lowest BCUT2D eigenvalue weighted by Gasteiger charge is -2.60. The molecule has 0 aromatic heterocycles. The van der Waals surface area contributed by atoms with E-state index in [9.17, 15) is 20.1 Å². The first kappa shape index (κ1) is 17.5. The molecular weight excluding hydrogens is 316 g/mol. The van der Waals surface area contributed by atoms with E-state index in [0.717, 1.165) is 38.5 Å². The van der Waals surface area contributed by atoms with E-state index in [4.69, 9.17) is 0 Å². The van der Waals surface area contributed by atoms with Gasteiger partial charge in [0.15, 0.2) is 0 Å². The summed E-state index contributed by atoms with van der Waals surface area (Å²) in [6.07, 6.45) is 10.6. The first-order valence-corrected chi connectivity index (χ1v) is 10.0. The van der Waals surface area contributed by atoms with Crippen LogP contribution in [0.4, 0.5) is 0 Å². The van der Waals surface area contributed by atoms with Crippen molar-refractivity contribution in [3.05, 3.63) is 12.2 Å². The van der Waals surface area contributed by atoms with Crippen LogP contribution in [-0.2, 0) is 4.79 Å². The molecule has 0 heterocycles. The van der Waals surface area contributed by atoms with Gasteiger partial charge in [0.1, 0.15) is 0 Å². The maximum absolute atomic E-state index is 11.3. The van der Waals surface area contributed by atoms with Crippen LogP contribution in [0.5, 0.6) is 0 Å². The third-order valence-electron chi connectivity index (χ3n) is 8.93. The summed E-state index contributed by atoms with van der Waals surface area (Å²) >= 11 is 0. The smallest absolute Gasteiger partial charge is 0.306 e. The van der Waals surface area contributed by atoms with Gasteiger partial charge in [0.25, 0.3) is 0 Å². The van der Waals surface area contributed by atoms with Gasteiger partial charge in [-0.25, -0.2) is 0 Å². The van der Waals surface area contributed by atoms with Gasteiger partial charge in [-0.05, 0) is 79.4 Å². The summed E-state index contributed by atoms with van der Waals surface area (Å²) in [5.74, 6) is 1.26. The fourth-order valence-electron chi connectivity index (χ4n) is 7.44. The minimum absolute atomic E-state index is 0.122. The summed E-state index contributed by atoms with van der Waals surface area (Å²) in [5.41, 5.74) is -1.17. The number of hydrogen-bond acceptors (Lipinski definition) is 3. The lowest BCUT2D eigenvalue weighted by molar-refractivity contribution is -0.162. The Kier molecular flexibility index (Phi) is 3.90. The zero-order chi connectivity index (χ0) is 18.0. The number of allylic oxidation sites excluding steroid dienone is 1. The molecule has 4 aliphatic carbocycles. The van der Waals surface area contributed by atoms with Crippen LogP contribution in [0.3, 0.4) is 0 Å². The molecule has 4 rings (SSSR count). The first-order valence-electron chi connectivity index (χ1n) is 10.0. The molecule has 3 unspecified atom stereocenters. The van der Waals surface area contributed by atoms with E-state index in [1.54, 1.807) is 0 Å². The second-order valence-electron chi connectivity index (χ2n) is 9.78. The van der Waals surface area contributed by atoms with Gasteiger partial charge in [0.2, 0.25) is 0 Å². The zero-order valence-corrected chi connectivity index (χ0v) is 15.4. The average Bonchev–Trinajstić information content (AvgIpc) is 2.79. The Hall–Kier alpha value is -0.870. The van der Waals surface area contributed by atoms with Crippen molar-refractivity contribution in [2.24, 2.45) is 34.5 Å². The maximum atomic E-state index is 11.3. The Balaban J connectivity index is 1.64. The van der Waals surface area contributed by atoms with Crippen LogP contribution in [0.1, 0.15) is 65.2 Å². The Labute approximate surface area is 150 Å². The molecule has 4 heteroatoms. The number of carboxylic acids is 1. The minimum Gasteiger partial charge on any atom is -0.481 e. The predicted molar refractivity (Wildman–Crippen MR) is 94.8 cm³/mol. The third kappa shape index (κ3) is 2.36. The third-order valence-corrected chi connectivity index (χ3v) is 8.93. The van der Waals surface area contributed by atoms with Crippen molar-refractivity contribution < 1.29 is 20.1 Å². The number of carbonyl (C=O) groups is 1. The highest BCUT2D eigenvalue weighted by molar-refractivity contribution is 5.68. The van der Waals surface area contributed by atoms with Crippen molar-refractivity contribution in [2.45, 2.75) is 76.9 Å². The van der Waals surface area contributed by atoms with Crippen LogP contribution in [0.2, 0.25) is 0 Å². The monoisotopic (exact) mass is 348 g/mol. The fourth-order valence-corrected chi connectivity index (χ4v) is 7.44. The van der Waals surface area contributed by atoms with Crippen LogP contribution in [0.25, 0.3) is 0 Å². The number of aliphatic hydroxyl groups is 2. The molecule has 0 saturated heterocycles. The van der Waals surface area contributed by atoms with Gasteiger partial charge < -0.3 is 15.3 Å². The summed E-state index contributed by atoms with van der Waals surface area (Å²) in [6.45, 7) is 4.52.